The van der Waals surface area contributed by atoms with Crippen LogP contribution in [-0.4, -0.2) is 49.1 Å². The van der Waals surface area contributed by atoms with Gasteiger partial charge < -0.3 is 21.1 Å². The van der Waals surface area contributed by atoms with E-state index in [4.69, 9.17) is 0 Å². The zero-order valence-electron chi connectivity index (χ0n) is 17.2. The molecule has 0 saturated heterocycles. The molecular weight excluding hydrogens is 404 g/mol. The van der Waals surface area contributed by atoms with Crippen molar-refractivity contribution in [2.45, 2.75) is 44.4 Å². The number of carbonyl (C=O) groups excluding carboxylic acids is 1. The molecule has 2 aliphatic rings. The molecule has 8 heteroatoms. The normalized spacial score (nSPS) is 17.8. The van der Waals surface area contributed by atoms with Gasteiger partial charge in [0.25, 0.3) is 0 Å². The number of halogens is 1. The largest absolute Gasteiger partial charge is 0.481 e. The van der Waals surface area contributed by atoms with Crippen LogP contribution in [-0.2, 0) is 16.0 Å². The van der Waals surface area contributed by atoms with E-state index in [1.165, 1.54) is 5.56 Å². The average molecular weight is 435 g/mol. The molecule has 0 radical (unpaired) electrons. The van der Waals surface area contributed by atoms with E-state index in [1.54, 1.807) is 0 Å². The number of hydrogen-bond acceptors (Lipinski definition) is 5. The molecule has 1 aliphatic carbocycles. The second kappa shape index (κ2) is 12.2. The molecule has 0 saturated carbocycles. The third kappa shape index (κ3) is 7.37. The van der Waals surface area contributed by atoms with Crippen molar-refractivity contribution in [2.24, 2.45) is 4.99 Å². The van der Waals surface area contributed by atoms with Crippen molar-refractivity contribution in [3.8, 4) is 0 Å². The number of guanidine groups is 1. The lowest BCUT2D eigenvalue weighted by Crippen LogP contribution is -2.41. The Bertz CT molecular complexity index is 794. The second-order valence-electron chi connectivity index (χ2n) is 7.58. The van der Waals surface area contributed by atoms with Crippen molar-refractivity contribution in [2.75, 3.05) is 26.2 Å². The SMILES string of the molecule is Cl.O=C(O)CC1CC(CNC(=O)CCCNC2=NCCCN2)=CCc2ccccc21. The molecular formula is C22H31ClN4O3. The van der Waals surface area contributed by atoms with Crippen LogP contribution in [0.1, 0.15) is 49.1 Å². The van der Waals surface area contributed by atoms with Gasteiger partial charge in [-0.2, -0.15) is 0 Å². The van der Waals surface area contributed by atoms with Crippen molar-refractivity contribution < 1.29 is 14.7 Å². The number of fused-ring (bicyclic) bond motifs is 1. The summed E-state index contributed by atoms with van der Waals surface area (Å²) in [6.45, 7) is 2.97. The molecule has 4 N–H and O–H groups in total. The maximum atomic E-state index is 12.2. The van der Waals surface area contributed by atoms with E-state index in [0.29, 0.717) is 25.9 Å². The van der Waals surface area contributed by atoms with Crippen LogP contribution in [0.2, 0.25) is 0 Å². The van der Waals surface area contributed by atoms with Gasteiger partial charge in [0.1, 0.15) is 0 Å². The van der Waals surface area contributed by atoms with E-state index >= 15 is 0 Å². The molecule has 1 unspecified atom stereocenters. The number of rotatable bonds is 8. The number of nitrogens with one attached hydrogen (secondary N) is 3. The minimum atomic E-state index is -0.792. The number of aliphatic carboxylic acids is 1. The zero-order chi connectivity index (χ0) is 20.5. The lowest BCUT2D eigenvalue weighted by Gasteiger charge is -2.18. The van der Waals surface area contributed by atoms with Gasteiger partial charge in [0, 0.05) is 32.6 Å². The van der Waals surface area contributed by atoms with E-state index in [2.05, 4.69) is 33.1 Å². The Morgan fingerprint density at radius 3 is 2.87 bits per heavy atom. The molecule has 7 nitrogen and oxygen atoms in total. The number of aliphatic imine (C=N–C) groups is 1. The Morgan fingerprint density at radius 1 is 1.27 bits per heavy atom. The van der Waals surface area contributed by atoms with Gasteiger partial charge >= 0.3 is 5.97 Å². The molecule has 164 valence electrons. The van der Waals surface area contributed by atoms with Crippen LogP contribution in [0.5, 0.6) is 0 Å². The van der Waals surface area contributed by atoms with Gasteiger partial charge in [-0.05, 0) is 42.7 Å². The Hall–Kier alpha value is -2.54. The van der Waals surface area contributed by atoms with E-state index in [9.17, 15) is 14.7 Å². The summed E-state index contributed by atoms with van der Waals surface area (Å²) in [7, 11) is 0. The molecule has 3 rings (SSSR count). The van der Waals surface area contributed by atoms with Crippen LogP contribution >= 0.6 is 12.4 Å². The maximum absolute atomic E-state index is 12.2. The number of hydrogen-bond donors (Lipinski definition) is 4. The number of amides is 1. The van der Waals surface area contributed by atoms with Crippen molar-refractivity contribution in [1.82, 2.24) is 16.0 Å². The summed E-state index contributed by atoms with van der Waals surface area (Å²) < 4.78 is 0. The van der Waals surface area contributed by atoms with Crippen molar-refractivity contribution >= 4 is 30.2 Å². The lowest BCUT2D eigenvalue weighted by molar-refractivity contribution is -0.137. The first kappa shape index (κ1) is 23.7. The third-order valence-corrected chi connectivity index (χ3v) is 5.32. The van der Waals surface area contributed by atoms with Crippen LogP contribution in [0.25, 0.3) is 0 Å². The summed E-state index contributed by atoms with van der Waals surface area (Å²) in [6.07, 6.45) is 5.92. The molecule has 0 spiro atoms. The Morgan fingerprint density at radius 2 is 2.10 bits per heavy atom. The smallest absolute Gasteiger partial charge is 0.303 e. The van der Waals surface area contributed by atoms with Gasteiger partial charge in [-0.15, -0.1) is 12.4 Å². The van der Waals surface area contributed by atoms with Gasteiger partial charge in [0.2, 0.25) is 5.91 Å². The number of carbonyl (C=O) groups is 2. The average Bonchev–Trinajstić information content (AvgIpc) is 2.90. The summed E-state index contributed by atoms with van der Waals surface area (Å²) in [5.41, 5.74) is 3.38. The molecule has 1 atom stereocenters. The van der Waals surface area contributed by atoms with Crippen LogP contribution in [0.15, 0.2) is 40.9 Å². The highest BCUT2D eigenvalue weighted by molar-refractivity contribution is 5.85. The van der Waals surface area contributed by atoms with Gasteiger partial charge in [0.15, 0.2) is 5.96 Å². The summed E-state index contributed by atoms with van der Waals surface area (Å²) >= 11 is 0. The Balaban J connectivity index is 0.00000320. The highest BCUT2D eigenvalue weighted by Crippen LogP contribution is 2.33. The Labute approximate surface area is 183 Å². The van der Waals surface area contributed by atoms with E-state index in [0.717, 1.165) is 49.4 Å². The number of carboxylic acid groups (broad SMARTS) is 1. The van der Waals surface area contributed by atoms with Crippen LogP contribution in [0, 0.1) is 0 Å². The zero-order valence-corrected chi connectivity index (χ0v) is 18.0. The molecule has 1 aromatic rings. The molecule has 0 bridgehead atoms. The van der Waals surface area contributed by atoms with Gasteiger partial charge in [-0.1, -0.05) is 35.9 Å². The molecule has 30 heavy (non-hydrogen) atoms. The van der Waals surface area contributed by atoms with Crippen LogP contribution in [0.3, 0.4) is 0 Å². The van der Waals surface area contributed by atoms with Crippen molar-refractivity contribution in [1.29, 1.82) is 0 Å². The first-order chi connectivity index (χ1) is 14.1. The number of allylic oxidation sites excluding steroid dienone is 1. The molecule has 0 fully saturated rings. The first-order valence-electron chi connectivity index (χ1n) is 10.4. The van der Waals surface area contributed by atoms with Crippen LogP contribution < -0.4 is 16.0 Å². The lowest BCUT2D eigenvalue weighted by atomic mass is 9.88. The van der Waals surface area contributed by atoms with Gasteiger partial charge in [-0.25, -0.2) is 0 Å². The quantitative estimate of drug-likeness (QED) is 0.371. The van der Waals surface area contributed by atoms with E-state index in [1.807, 2.05) is 18.2 Å². The van der Waals surface area contributed by atoms with E-state index < -0.39 is 5.97 Å². The number of carboxylic acids is 1. The fourth-order valence-corrected chi connectivity index (χ4v) is 3.83. The minimum absolute atomic E-state index is 0. The number of benzene rings is 1. The molecule has 0 aromatic heterocycles. The third-order valence-electron chi connectivity index (χ3n) is 5.32. The monoisotopic (exact) mass is 434 g/mol. The van der Waals surface area contributed by atoms with Crippen molar-refractivity contribution in [3.05, 3.63) is 47.0 Å². The summed E-state index contributed by atoms with van der Waals surface area (Å²) in [4.78, 5) is 27.9. The van der Waals surface area contributed by atoms with Crippen molar-refractivity contribution in [3.63, 3.8) is 0 Å². The summed E-state index contributed by atoms with van der Waals surface area (Å²) in [5, 5.41) is 18.7. The van der Waals surface area contributed by atoms with E-state index in [-0.39, 0.29) is 30.7 Å². The number of nitrogens with zero attached hydrogens (tertiary/aromatic N) is 1. The Kier molecular flexibility index (Phi) is 9.67. The minimum Gasteiger partial charge on any atom is -0.481 e. The molecule has 1 aliphatic heterocycles. The molecule has 1 aromatic carbocycles. The predicted octanol–water partition coefficient (Wildman–Crippen LogP) is 2.37. The first-order valence-corrected chi connectivity index (χ1v) is 10.4. The summed E-state index contributed by atoms with van der Waals surface area (Å²) in [6, 6.07) is 8.03. The van der Waals surface area contributed by atoms with Gasteiger partial charge in [0.05, 0.1) is 6.42 Å². The summed E-state index contributed by atoms with van der Waals surface area (Å²) in [5.74, 6) is -0.00550. The van der Waals surface area contributed by atoms with Crippen LogP contribution in [0.4, 0.5) is 0 Å². The maximum Gasteiger partial charge on any atom is 0.303 e. The standard InChI is InChI=1S/C22H30N4O3.ClH/c27-20(7-3-10-23-22-24-11-4-12-25-22)26-15-16-8-9-17-5-1-2-6-19(17)18(13-16)14-21(28)29;/h1-2,5-6,8,18H,3-4,7,9-15H2,(H,26,27)(H,28,29)(H2,23,24,25);1H. The fourth-order valence-electron chi connectivity index (χ4n) is 3.83. The van der Waals surface area contributed by atoms with Gasteiger partial charge in [-0.3, -0.25) is 14.6 Å². The topological polar surface area (TPSA) is 103 Å². The highest BCUT2D eigenvalue weighted by Gasteiger charge is 2.22. The predicted molar refractivity (Wildman–Crippen MR) is 120 cm³/mol. The second-order valence-corrected chi connectivity index (χ2v) is 7.58. The molecule has 1 heterocycles. The highest BCUT2D eigenvalue weighted by atomic mass is 35.5. The molecule has 1 amide bonds. The fraction of sp³-hybridized carbons (Fsp3) is 0.500.